The van der Waals surface area contributed by atoms with Crippen molar-refractivity contribution >= 4 is 6.03 Å². The summed E-state index contributed by atoms with van der Waals surface area (Å²) < 4.78 is 0. The molecule has 0 bridgehead atoms. The molecular formula is C11H19N5O. The summed E-state index contributed by atoms with van der Waals surface area (Å²) >= 11 is 0. The van der Waals surface area contributed by atoms with Crippen LogP contribution in [0.15, 0.2) is 23.9 Å². The van der Waals surface area contributed by atoms with E-state index in [9.17, 15) is 4.79 Å². The van der Waals surface area contributed by atoms with Crippen molar-refractivity contribution in [2.75, 3.05) is 21.1 Å². The maximum atomic E-state index is 11.1. The lowest BCUT2D eigenvalue weighted by Gasteiger charge is -2.39. The summed E-state index contributed by atoms with van der Waals surface area (Å²) in [6.07, 6.45) is 5.96. The second-order valence-electron chi connectivity index (χ2n) is 4.61. The number of fused-ring (bicyclic) bond motifs is 1. The molecular weight excluding hydrogens is 218 g/mol. The Labute approximate surface area is 101 Å². The van der Waals surface area contributed by atoms with Crippen LogP contribution in [0, 0.1) is 0 Å². The molecule has 1 saturated heterocycles. The van der Waals surface area contributed by atoms with Gasteiger partial charge in [-0.25, -0.2) is 9.80 Å². The number of amides is 2. The monoisotopic (exact) mass is 237 g/mol. The molecule has 6 heteroatoms. The van der Waals surface area contributed by atoms with Crippen molar-refractivity contribution in [3.63, 3.8) is 0 Å². The number of hydrazine groups is 2. The number of rotatable bonds is 1. The smallest absolute Gasteiger partial charge is 0.312 e. The average Bonchev–Trinajstić information content (AvgIpc) is 2.43. The predicted octanol–water partition coefficient (Wildman–Crippen LogP) is -0.125. The van der Waals surface area contributed by atoms with Gasteiger partial charge in [-0.05, 0) is 13.0 Å². The van der Waals surface area contributed by atoms with E-state index in [2.05, 4.69) is 28.3 Å². The predicted molar refractivity (Wildman–Crippen MR) is 65.4 cm³/mol. The van der Waals surface area contributed by atoms with E-state index in [0.717, 1.165) is 5.70 Å². The summed E-state index contributed by atoms with van der Waals surface area (Å²) in [5, 5.41) is 8.93. The van der Waals surface area contributed by atoms with Crippen LogP contribution in [-0.4, -0.2) is 53.9 Å². The summed E-state index contributed by atoms with van der Waals surface area (Å²) in [5.74, 6) is 0. The topological polar surface area (TPSA) is 64.8 Å². The Balaban J connectivity index is 2.39. The number of carbonyl (C=O) groups is 1. The third-order valence-electron chi connectivity index (χ3n) is 3.87. The highest BCUT2D eigenvalue weighted by atomic mass is 16.2. The van der Waals surface area contributed by atoms with Crippen LogP contribution in [0.2, 0.25) is 0 Å². The molecule has 1 heterocycles. The Hall–Kier alpha value is -1.53. The molecule has 0 aromatic heterocycles. The van der Waals surface area contributed by atoms with Crippen LogP contribution >= 0.6 is 0 Å². The second kappa shape index (κ2) is 3.75. The molecule has 0 spiro atoms. The molecule has 94 valence electrons. The SMILES string of the molecule is CN1C2=CC=CC(NC(N)=O)C2(C)N(C)N1C. The first kappa shape index (κ1) is 11.9. The molecule has 1 aliphatic carbocycles. The summed E-state index contributed by atoms with van der Waals surface area (Å²) in [6.45, 7) is 2.09. The van der Waals surface area contributed by atoms with Gasteiger partial charge >= 0.3 is 6.03 Å². The average molecular weight is 237 g/mol. The molecule has 0 radical (unpaired) electrons. The minimum absolute atomic E-state index is 0.141. The number of hydrogen-bond donors (Lipinski definition) is 2. The van der Waals surface area contributed by atoms with Crippen molar-refractivity contribution in [1.29, 1.82) is 0 Å². The lowest BCUT2D eigenvalue weighted by molar-refractivity contribution is -0.0919. The molecule has 2 rings (SSSR count). The Kier molecular flexibility index (Phi) is 2.63. The number of nitrogens with one attached hydrogen (secondary N) is 1. The first-order valence-electron chi connectivity index (χ1n) is 5.55. The van der Waals surface area contributed by atoms with E-state index in [4.69, 9.17) is 5.73 Å². The molecule has 2 amide bonds. The Bertz CT molecular complexity index is 405. The number of hydrogen-bond acceptors (Lipinski definition) is 4. The van der Waals surface area contributed by atoms with E-state index in [1.807, 2.05) is 38.4 Å². The van der Waals surface area contributed by atoms with Gasteiger partial charge in [0.25, 0.3) is 0 Å². The fraction of sp³-hybridized carbons (Fsp3) is 0.545. The fourth-order valence-electron chi connectivity index (χ4n) is 2.58. The third-order valence-corrected chi connectivity index (χ3v) is 3.87. The van der Waals surface area contributed by atoms with Crippen LogP contribution in [0.1, 0.15) is 6.92 Å². The van der Waals surface area contributed by atoms with E-state index in [0.29, 0.717) is 0 Å². The standard InChI is InChI=1S/C11H19N5O/c1-11-8(13-10(12)17)6-5-7-9(11)14(2)16(4)15(11)3/h5-8H,1-4H3,(H3,12,13,17). The number of nitrogens with two attached hydrogens (primary N) is 1. The molecule has 17 heavy (non-hydrogen) atoms. The van der Waals surface area contributed by atoms with Gasteiger partial charge in [0.05, 0.1) is 17.3 Å². The maximum absolute atomic E-state index is 11.1. The summed E-state index contributed by atoms with van der Waals surface area (Å²) in [6, 6.07) is -0.648. The van der Waals surface area contributed by atoms with Gasteiger partial charge in [0.15, 0.2) is 0 Å². The van der Waals surface area contributed by atoms with Gasteiger partial charge in [-0.15, -0.1) is 0 Å². The normalized spacial score (nSPS) is 33.5. The van der Waals surface area contributed by atoms with Crippen molar-refractivity contribution in [2.45, 2.75) is 18.5 Å². The van der Waals surface area contributed by atoms with Crippen molar-refractivity contribution in [2.24, 2.45) is 5.73 Å². The first-order valence-corrected chi connectivity index (χ1v) is 5.55. The van der Waals surface area contributed by atoms with Crippen LogP contribution in [0.5, 0.6) is 0 Å². The number of carbonyl (C=O) groups excluding carboxylic acids is 1. The molecule has 0 saturated carbocycles. The quantitative estimate of drug-likeness (QED) is 0.667. The van der Waals surface area contributed by atoms with Gasteiger partial charge in [0.1, 0.15) is 0 Å². The van der Waals surface area contributed by atoms with Crippen LogP contribution in [-0.2, 0) is 0 Å². The highest BCUT2D eigenvalue weighted by Crippen LogP contribution is 2.39. The Morgan fingerprint density at radius 1 is 1.47 bits per heavy atom. The van der Waals surface area contributed by atoms with Crippen LogP contribution in [0.3, 0.4) is 0 Å². The van der Waals surface area contributed by atoms with Crippen molar-refractivity contribution in [3.8, 4) is 0 Å². The zero-order valence-corrected chi connectivity index (χ0v) is 10.6. The molecule has 2 unspecified atom stereocenters. The van der Waals surface area contributed by atoms with Gasteiger partial charge < -0.3 is 11.1 Å². The zero-order chi connectivity index (χ0) is 12.8. The van der Waals surface area contributed by atoms with E-state index in [1.54, 1.807) is 0 Å². The minimum Gasteiger partial charge on any atom is -0.352 e. The lowest BCUT2D eigenvalue weighted by atomic mass is 9.84. The van der Waals surface area contributed by atoms with Crippen LogP contribution in [0.25, 0.3) is 0 Å². The van der Waals surface area contributed by atoms with Crippen LogP contribution < -0.4 is 11.1 Å². The van der Waals surface area contributed by atoms with E-state index < -0.39 is 6.03 Å². The third kappa shape index (κ3) is 1.52. The Morgan fingerprint density at radius 2 is 2.12 bits per heavy atom. The summed E-state index contributed by atoms with van der Waals surface area (Å²) in [5.41, 5.74) is 6.05. The molecule has 2 aliphatic rings. The van der Waals surface area contributed by atoms with E-state index in [-0.39, 0.29) is 11.6 Å². The highest BCUT2D eigenvalue weighted by molar-refractivity contribution is 5.72. The summed E-state index contributed by atoms with van der Waals surface area (Å²) in [4.78, 5) is 11.1. The number of likely N-dealkylation sites (N-methyl/N-ethyl adjacent to an activating group) is 2. The molecule has 0 aromatic rings. The van der Waals surface area contributed by atoms with Gasteiger partial charge in [-0.2, -0.15) is 5.12 Å². The van der Waals surface area contributed by atoms with E-state index >= 15 is 0 Å². The molecule has 1 aliphatic heterocycles. The Morgan fingerprint density at radius 3 is 2.71 bits per heavy atom. The second-order valence-corrected chi connectivity index (χ2v) is 4.61. The lowest BCUT2D eigenvalue weighted by Crippen LogP contribution is -2.59. The van der Waals surface area contributed by atoms with Crippen LogP contribution in [0.4, 0.5) is 4.79 Å². The first-order chi connectivity index (χ1) is 7.89. The number of primary amides is 1. The fourth-order valence-corrected chi connectivity index (χ4v) is 2.58. The molecule has 2 atom stereocenters. The number of urea groups is 1. The number of nitrogens with zero attached hydrogens (tertiary/aromatic N) is 3. The highest BCUT2D eigenvalue weighted by Gasteiger charge is 2.51. The van der Waals surface area contributed by atoms with E-state index in [1.165, 1.54) is 0 Å². The molecule has 3 N–H and O–H groups in total. The minimum atomic E-state index is -0.507. The van der Waals surface area contributed by atoms with Gasteiger partial charge in [-0.1, -0.05) is 12.2 Å². The van der Waals surface area contributed by atoms with Gasteiger partial charge in [0, 0.05) is 21.1 Å². The maximum Gasteiger partial charge on any atom is 0.312 e. The molecule has 1 fully saturated rings. The summed E-state index contributed by atoms with van der Waals surface area (Å²) in [7, 11) is 5.96. The van der Waals surface area contributed by atoms with Crippen molar-refractivity contribution < 1.29 is 4.79 Å². The largest absolute Gasteiger partial charge is 0.352 e. The zero-order valence-electron chi connectivity index (χ0n) is 10.6. The molecule has 0 aromatic carbocycles. The van der Waals surface area contributed by atoms with Crippen molar-refractivity contribution in [3.05, 3.63) is 23.9 Å². The van der Waals surface area contributed by atoms with Gasteiger partial charge in [-0.3, -0.25) is 5.01 Å². The molecule has 6 nitrogen and oxygen atoms in total. The van der Waals surface area contributed by atoms with Crippen molar-refractivity contribution in [1.82, 2.24) is 20.5 Å². The number of allylic oxidation sites excluding steroid dienone is 2. The van der Waals surface area contributed by atoms with Gasteiger partial charge in [0.2, 0.25) is 0 Å².